The zero-order chi connectivity index (χ0) is 45.9. The van der Waals surface area contributed by atoms with Gasteiger partial charge in [-0.15, -0.1) is 22.7 Å². The number of hydrogen-bond donors (Lipinski definition) is 0. The number of thiophene rings is 2. The Bertz CT molecular complexity index is 4160. The monoisotopic (exact) mass is 924 g/mol. The molecule has 0 aliphatic carbocycles. The molecule has 0 unspecified atom stereocenters. The van der Waals surface area contributed by atoms with Crippen molar-refractivity contribution in [2.75, 3.05) is 9.80 Å². The number of nitrogens with zero attached hydrogens (tertiary/aromatic N) is 4. The van der Waals surface area contributed by atoms with Gasteiger partial charge in [-0.1, -0.05) is 72.8 Å². The minimum absolute atomic E-state index is 0.0944. The number of anilines is 6. The summed E-state index contributed by atoms with van der Waals surface area (Å²) in [5, 5.41) is 28.9. The molecule has 0 saturated heterocycles. The quantitative estimate of drug-likeness (QED) is 0.161. The molecule has 10 aromatic carbocycles. The fourth-order valence-electron chi connectivity index (χ4n) is 11.9. The Labute approximate surface area is 409 Å². The second-order valence-electron chi connectivity index (χ2n) is 18.6. The van der Waals surface area contributed by atoms with Crippen LogP contribution in [0.4, 0.5) is 34.1 Å². The van der Waals surface area contributed by atoms with Gasteiger partial charge in [0, 0.05) is 52.5 Å². The number of ether oxygens (including phenoxy) is 2. The number of hydrogen-bond acceptors (Lipinski definition) is 8. The molecule has 0 atom stereocenters. The third kappa shape index (κ3) is 5.16. The van der Waals surface area contributed by atoms with Crippen LogP contribution in [0.3, 0.4) is 0 Å². The fraction of sp³-hybridized carbons (Fsp3) is 0. The van der Waals surface area contributed by atoms with Crippen molar-refractivity contribution in [3.63, 3.8) is 0 Å². The van der Waals surface area contributed by atoms with E-state index in [2.05, 4.69) is 180 Å². The molecule has 6 nitrogen and oxygen atoms in total. The standard InChI is InChI=1S/C60H30B2N4O2S2/c63-31-33-15-19-41(20-16-33)65-47-11-5-13-49-55(47)61(59-57(65)43-23-35-7-1-3-9-37(35)29-53(43)69-59)45-25-39-26-46-52(28-40(39)27-51(45)67-49)68-50-14-6-12-48-56(50)62(46)60-58(66(48)42-21-17-34(32-64)18-22-42)44-24-36-8-2-4-10-38(36)30-54(44)70-60/h1-30H. The maximum Gasteiger partial charge on any atom is 0.268 e. The smallest absolute Gasteiger partial charge is 0.268 e. The molecule has 0 N–H and O–H groups in total. The predicted molar refractivity (Wildman–Crippen MR) is 291 cm³/mol. The summed E-state index contributed by atoms with van der Waals surface area (Å²) in [6.07, 6.45) is 0. The number of fused-ring (bicyclic) bond motifs is 15. The molecule has 0 fully saturated rings. The van der Waals surface area contributed by atoms with E-state index in [0.717, 1.165) is 78.4 Å². The van der Waals surface area contributed by atoms with Crippen molar-refractivity contribution in [1.82, 2.24) is 0 Å². The highest BCUT2D eigenvalue weighted by Crippen LogP contribution is 2.49. The summed E-state index contributed by atoms with van der Waals surface area (Å²) in [5.74, 6) is 3.37. The lowest BCUT2D eigenvalue weighted by molar-refractivity contribution is 0.486. The topological polar surface area (TPSA) is 72.5 Å². The minimum atomic E-state index is -0.0944. The van der Waals surface area contributed by atoms with Gasteiger partial charge in [-0.25, -0.2) is 0 Å². The molecule has 10 heteroatoms. The maximum absolute atomic E-state index is 9.77. The number of nitriles is 2. The van der Waals surface area contributed by atoms with Crippen molar-refractivity contribution in [3.05, 3.63) is 193 Å². The molecule has 0 spiro atoms. The number of rotatable bonds is 2. The van der Waals surface area contributed by atoms with Crippen LogP contribution in [0.15, 0.2) is 182 Å². The molecule has 0 saturated carbocycles. The summed E-state index contributed by atoms with van der Waals surface area (Å²) < 4.78 is 19.0. The van der Waals surface area contributed by atoms with Gasteiger partial charge in [0.05, 0.1) is 34.6 Å². The molecule has 16 rings (SSSR count). The summed E-state index contributed by atoms with van der Waals surface area (Å²) in [6.45, 7) is -0.189. The van der Waals surface area contributed by atoms with E-state index in [1.165, 1.54) is 62.6 Å². The van der Waals surface area contributed by atoms with Crippen LogP contribution in [-0.4, -0.2) is 13.4 Å². The lowest BCUT2D eigenvalue weighted by Gasteiger charge is -2.39. The first kappa shape index (κ1) is 38.2. The Morgan fingerprint density at radius 1 is 0.400 bits per heavy atom. The summed E-state index contributed by atoms with van der Waals surface area (Å²) in [5.41, 5.74) is 12.3. The fourth-order valence-corrected chi connectivity index (χ4v) is 14.6. The van der Waals surface area contributed by atoms with Gasteiger partial charge in [0.25, 0.3) is 13.4 Å². The first-order valence-electron chi connectivity index (χ1n) is 23.3. The zero-order valence-electron chi connectivity index (χ0n) is 36.9. The summed E-state index contributed by atoms with van der Waals surface area (Å²) in [6, 6.07) is 69.1. The first-order chi connectivity index (χ1) is 34.6. The Morgan fingerprint density at radius 3 is 1.24 bits per heavy atom. The van der Waals surface area contributed by atoms with E-state index in [-0.39, 0.29) is 13.4 Å². The van der Waals surface area contributed by atoms with Gasteiger partial charge in [-0.3, -0.25) is 0 Å². The van der Waals surface area contributed by atoms with Gasteiger partial charge in [-0.2, -0.15) is 10.5 Å². The van der Waals surface area contributed by atoms with Crippen molar-refractivity contribution in [2.45, 2.75) is 0 Å². The third-order valence-corrected chi connectivity index (χ3v) is 17.3. The van der Waals surface area contributed by atoms with Gasteiger partial charge in [0.1, 0.15) is 23.0 Å². The lowest BCUT2D eigenvalue weighted by Crippen LogP contribution is -2.59. The summed E-state index contributed by atoms with van der Waals surface area (Å²) in [4.78, 5) is 4.76. The Hall–Kier alpha value is -8.79. The van der Waals surface area contributed by atoms with Crippen molar-refractivity contribution >= 4 is 154 Å². The second-order valence-corrected chi connectivity index (χ2v) is 20.8. The van der Waals surface area contributed by atoms with Gasteiger partial charge in [0.15, 0.2) is 0 Å². The van der Waals surface area contributed by atoms with Crippen LogP contribution in [0.5, 0.6) is 23.0 Å². The van der Waals surface area contributed by atoms with Gasteiger partial charge in [-0.05, 0) is 163 Å². The van der Waals surface area contributed by atoms with E-state index < -0.39 is 0 Å². The van der Waals surface area contributed by atoms with Crippen LogP contribution in [0.1, 0.15) is 11.1 Å². The summed E-state index contributed by atoms with van der Waals surface area (Å²) in [7, 11) is 0. The highest BCUT2D eigenvalue weighted by molar-refractivity contribution is 7.34. The van der Waals surface area contributed by atoms with E-state index in [0.29, 0.717) is 11.1 Å². The Kier molecular flexibility index (Phi) is 7.59. The maximum atomic E-state index is 9.77. The molecule has 4 aliphatic rings. The normalized spacial score (nSPS) is 13.5. The van der Waals surface area contributed by atoms with E-state index in [1.54, 1.807) is 0 Å². The highest BCUT2D eigenvalue weighted by Gasteiger charge is 2.46. The van der Waals surface area contributed by atoms with Crippen LogP contribution in [0.25, 0.3) is 52.5 Å². The molecular formula is C60H30B2N4O2S2. The van der Waals surface area contributed by atoms with Gasteiger partial charge < -0.3 is 19.3 Å². The molecule has 0 radical (unpaired) electrons. The molecule has 320 valence electrons. The number of benzene rings is 10. The average Bonchev–Trinajstić information content (AvgIpc) is 3.96. The molecule has 70 heavy (non-hydrogen) atoms. The van der Waals surface area contributed by atoms with Crippen molar-refractivity contribution in [1.29, 1.82) is 10.5 Å². The van der Waals surface area contributed by atoms with E-state index in [9.17, 15) is 10.5 Å². The van der Waals surface area contributed by atoms with Gasteiger partial charge >= 0.3 is 0 Å². The van der Waals surface area contributed by atoms with E-state index in [4.69, 9.17) is 9.47 Å². The van der Waals surface area contributed by atoms with Crippen LogP contribution in [0.2, 0.25) is 0 Å². The van der Waals surface area contributed by atoms with Gasteiger partial charge in [0.2, 0.25) is 0 Å². The van der Waals surface area contributed by atoms with Crippen molar-refractivity contribution in [2.24, 2.45) is 0 Å². The Balaban J connectivity index is 0.926. The predicted octanol–water partition coefficient (Wildman–Crippen LogP) is 12.1. The van der Waals surface area contributed by atoms with E-state index in [1.807, 2.05) is 46.9 Å². The van der Waals surface area contributed by atoms with E-state index >= 15 is 0 Å². The largest absolute Gasteiger partial charge is 0.458 e. The first-order valence-corrected chi connectivity index (χ1v) is 24.9. The average molecular weight is 925 g/mol. The molecule has 6 heterocycles. The molecule has 12 aromatic rings. The molecule has 4 aliphatic heterocycles. The third-order valence-electron chi connectivity index (χ3n) is 14.9. The van der Waals surface area contributed by atoms with Crippen LogP contribution < -0.4 is 50.7 Å². The summed E-state index contributed by atoms with van der Waals surface area (Å²) >= 11 is 3.73. The molecule has 0 amide bonds. The van der Waals surface area contributed by atoms with Crippen molar-refractivity contribution in [3.8, 4) is 35.1 Å². The highest BCUT2D eigenvalue weighted by atomic mass is 32.1. The minimum Gasteiger partial charge on any atom is -0.458 e. The molecule has 0 bridgehead atoms. The van der Waals surface area contributed by atoms with Crippen molar-refractivity contribution < 1.29 is 9.47 Å². The molecule has 2 aromatic heterocycles. The SMILES string of the molecule is N#Cc1ccc(N2c3cccc4c3B(c3cc5cc6c(cc5cc3O4)Oc3cccc4c3B6c3sc5cc6ccccc6cc5c3N4c3ccc(C#N)cc3)c3sc4cc5ccccc5cc4c32)cc1. The van der Waals surface area contributed by atoms with Crippen LogP contribution >= 0.6 is 22.7 Å². The second kappa shape index (κ2) is 13.9. The lowest BCUT2D eigenvalue weighted by atomic mass is 9.36. The molecular weight excluding hydrogens is 894 g/mol. The Morgan fingerprint density at radius 2 is 0.814 bits per heavy atom. The zero-order valence-corrected chi connectivity index (χ0v) is 38.5. The van der Waals surface area contributed by atoms with Crippen LogP contribution in [0, 0.1) is 22.7 Å². The van der Waals surface area contributed by atoms with Crippen LogP contribution in [-0.2, 0) is 0 Å².